The van der Waals surface area contributed by atoms with Gasteiger partial charge in [0.25, 0.3) is 10.8 Å². The van der Waals surface area contributed by atoms with Crippen molar-refractivity contribution in [3.05, 3.63) is 86.5 Å². The summed E-state index contributed by atoms with van der Waals surface area (Å²) in [7, 11) is 3.63. The van der Waals surface area contributed by atoms with E-state index in [2.05, 4.69) is 24.8 Å². The van der Waals surface area contributed by atoms with Crippen molar-refractivity contribution in [2.24, 2.45) is 0 Å². The van der Waals surface area contributed by atoms with Crippen LogP contribution in [-0.4, -0.2) is 30.3 Å². The highest BCUT2D eigenvalue weighted by atomic mass is 16.4. The Morgan fingerprint density at radius 2 is 1.73 bits per heavy atom. The van der Waals surface area contributed by atoms with E-state index >= 15 is 0 Å². The van der Waals surface area contributed by atoms with E-state index in [1.54, 1.807) is 29.8 Å². The van der Waals surface area contributed by atoms with E-state index < -0.39 is 5.97 Å². The fourth-order valence-electron chi connectivity index (χ4n) is 4.21. The Kier molecular flexibility index (Phi) is 4.38. The second kappa shape index (κ2) is 6.69. The third-order valence-corrected chi connectivity index (χ3v) is 6.00. The molecule has 152 valence electrons. The summed E-state index contributed by atoms with van der Waals surface area (Å²) in [6.45, 7) is 4.20. The molecule has 0 fully saturated rings. The highest BCUT2D eigenvalue weighted by Crippen LogP contribution is 2.47. The molecule has 3 aromatic carbocycles. The molecule has 0 saturated carbocycles. The summed E-state index contributed by atoms with van der Waals surface area (Å²) >= 11 is 0. The molecule has 3 aromatic rings. The molecule has 0 radical (unpaired) electrons. The third kappa shape index (κ3) is 2.76. The molecule has 1 aliphatic heterocycles. The van der Waals surface area contributed by atoms with Crippen molar-refractivity contribution < 1.29 is 15.0 Å². The third-order valence-electron chi connectivity index (χ3n) is 6.00. The highest BCUT2D eigenvalue weighted by Gasteiger charge is 2.39. The number of carbonyl (C=O) groups is 1. The first kappa shape index (κ1) is 19.6. The van der Waals surface area contributed by atoms with Gasteiger partial charge in [0.2, 0.25) is 11.4 Å². The van der Waals surface area contributed by atoms with E-state index in [-0.39, 0.29) is 33.1 Å². The summed E-state index contributed by atoms with van der Waals surface area (Å²) in [5.74, 6) is -1.07. The Balaban J connectivity index is 1.78. The largest absolute Gasteiger partial charge is 0.502 e. The highest BCUT2D eigenvalue weighted by molar-refractivity contribution is 5.87. The van der Waals surface area contributed by atoms with Gasteiger partial charge in [0.05, 0.1) is 11.1 Å². The van der Waals surface area contributed by atoms with Crippen LogP contribution in [0.15, 0.2) is 59.0 Å². The van der Waals surface area contributed by atoms with Crippen molar-refractivity contribution in [3.63, 3.8) is 0 Å². The van der Waals surface area contributed by atoms with Crippen LogP contribution in [0, 0.1) is 0 Å². The molecule has 0 aromatic heterocycles. The number of aromatic carboxylic acids is 1. The maximum absolute atomic E-state index is 12.9. The quantitative estimate of drug-likeness (QED) is 0.658. The van der Waals surface area contributed by atoms with Crippen LogP contribution in [0.1, 0.15) is 35.3 Å². The number of likely N-dealkylation sites (N-methyl/N-ethyl adjacent to an activating group) is 1. The fraction of sp³-hybridized carbons (Fsp3) is 0.208. The van der Waals surface area contributed by atoms with Gasteiger partial charge in [0, 0.05) is 36.0 Å². The predicted octanol–water partition coefficient (Wildman–Crippen LogP) is 2.83. The smallest absolute Gasteiger partial charge is 0.335 e. The summed E-state index contributed by atoms with van der Waals surface area (Å²) in [6.07, 6.45) is 1.77. The van der Waals surface area contributed by atoms with Gasteiger partial charge in [-0.1, -0.05) is 32.0 Å². The number of carboxylic acids is 1. The van der Waals surface area contributed by atoms with Crippen LogP contribution in [0.3, 0.4) is 0 Å². The number of benzene rings is 2. The number of para-hydroxylation sites is 1. The van der Waals surface area contributed by atoms with E-state index in [1.165, 1.54) is 17.7 Å². The molecule has 6 nitrogen and oxygen atoms in total. The van der Waals surface area contributed by atoms with Crippen LogP contribution in [0.25, 0.3) is 6.08 Å². The molecule has 30 heavy (non-hydrogen) atoms. The molecule has 0 saturated heterocycles. The predicted molar refractivity (Wildman–Crippen MR) is 117 cm³/mol. The molecular formula is C24H23N2O4+. The summed E-state index contributed by atoms with van der Waals surface area (Å²) in [5.41, 5.74) is 3.71. The van der Waals surface area contributed by atoms with E-state index in [4.69, 9.17) is 5.11 Å². The van der Waals surface area contributed by atoms with Crippen molar-refractivity contribution in [1.82, 2.24) is 4.58 Å². The lowest BCUT2D eigenvalue weighted by atomic mass is 9.83. The van der Waals surface area contributed by atoms with E-state index in [1.807, 2.05) is 25.2 Å². The normalized spacial score (nSPS) is 17.3. The number of anilines is 1. The maximum Gasteiger partial charge on any atom is 0.335 e. The fourth-order valence-corrected chi connectivity index (χ4v) is 4.21. The average Bonchev–Trinajstić information content (AvgIpc) is 2.92. The summed E-state index contributed by atoms with van der Waals surface area (Å²) in [6, 6.07) is 14.3. The number of aromatic hydroxyl groups is 1. The Hall–Kier alpha value is -3.67. The van der Waals surface area contributed by atoms with Gasteiger partial charge >= 0.3 is 5.97 Å². The van der Waals surface area contributed by atoms with Gasteiger partial charge in [-0.05, 0) is 29.8 Å². The van der Waals surface area contributed by atoms with Crippen molar-refractivity contribution in [1.29, 1.82) is 0 Å². The monoisotopic (exact) mass is 403 g/mol. The van der Waals surface area contributed by atoms with Gasteiger partial charge in [0.1, 0.15) is 7.05 Å². The summed E-state index contributed by atoms with van der Waals surface area (Å²) < 4.78 is 1.57. The summed E-state index contributed by atoms with van der Waals surface area (Å²) in [5, 5.41) is 19.9. The van der Waals surface area contributed by atoms with Crippen LogP contribution in [0.2, 0.25) is 0 Å². The van der Waals surface area contributed by atoms with E-state index in [0.717, 1.165) is 11.4 Å². The second-order valence-corrected chi connectivity index (χ2v) is 8.08. The van der Waals surface area contributed by atoms with Crippen LogP contribution < -0.4 is 20.3 Å². The molecule has 0 unspecified atom stereocenters. The Morgan fingerprint density at radius 1 is 1.10 bits per heavy atom. The van der Waals surface area contributed by atoms with Crippen LogP contribution >= 0.6 is 0 Å². The molecule has 1 aliphatic rings. The molecule has 4 rings (SSSR count). The maximum atomic E-state index is 12.9. The number of nitrogens with zero attached hydrogens (tertiary/aromatic N) is 2. The standard InChI is InChI=1S/C24H22N2O4/c1-24(2)17-7-5-6-8-18(17)26(4)19(24)13-16-21(27)20(22(16)28)25(3)15-11-9-14(10-12-15)23(29)30/h5-13H,1-4H3,(H-,27,28,29,30)/p+1. The molecule has 0 aliphatic carbocycles. The lowest BCUT2D eigenvalue weighted by Crippen LogP contribution is -2.42. The summed E-state index contributed by atoms with van der Waals surface area (Å²) in [4.78, 5) is 26.0. The van der Waals surface area contributed by atoms with Crippen molar-refractivity contribution >= 4 is 23.4 Å². The molecule has 6 heteroatoms. The number of fused-ring (bicyclic) bond motifs is 1. The molecule has 0 amide bonds. The Morgan fingerprint density at radius 3 is 2.30 bits per heavy atom. The minimum atomic E-state index is -1.02. The molecule has 0 atom stereocenters. The van der Waals surface area contributed by atoms with Crippen molar-refractivity contribution in [2.75, 3.05) is 19.0 Å². The second-order valence-electron chi connectivity index (χ2n) is 8.08. The minimum Gasteiger partial charge on any atom is -0.502 e. The van der Waals surface area contributed by atoms with Crippen molar-refractivity contribution in [2.45, 2.75) is 19.3 Å². The van der Waals surface area contributed by atoms with E-state index in [0.29, 0.717) is 5.69 Å². The lowest BCUT2D eigenvalue weighted by Gasteiger charge is -2.24. The molecular weight excluding hydrogens is 380 g/mol. The number of carboxylic acid groups (broad SMARTS) is 1. The zero-order chi connectivity index (χ0) is 21.8. The van der Waals surface area contributed by atoms with Crippen LogP contribution in [0.5, 0.6) is 5.75 Å². The Labute approximate surface area is 174 Å². The topological polar surface area (TPSA) is 80.8 Å². The Bertz CT molecular complexity index is 1290. The zero-order valence-corrected chi connectivity index (χ0v) is 17.3. The van der Waals surface area contributed by atoms with Gasteiger partial charge in [-0.2, -0.15) is 4.58 Å². The molecule has 0 bridgehead atoms. The molecule has 1 heterocycles. The first-order chi connectivity index (χ1) is 14.1. The van der Waals surface area contributed by atoms with Gasteiger partial charge in [-0.25, -0.2) is 4.79 Å². The average molecular weight is 403 g/mol. The van der Waals surface area contributed by atoms with Gasteiger partial charge < -0.3 is 15.1 Å². The van der Waals surface area contributed by atoms with Gasteiger partial charge in [0.15, 0.2) is 0 Å². The lowest BCUT2D eigenvalue weighted by molar-refractivity contribution is 0.0697. The number of hydrogen-bond donors (Lipinski definition) is 2. The number of allylic oxidation sites excluding steroid dienone is 1. The SMILES string of the molecule is CN1C(=Cc2c(O)c(=[N+](C)c3ccc(C(=O)O)cc3)c2=O)C(C)(C)c2ccccc21. The van der Waals surface area contributed by atoms with E-state index in [9.17, 15) is 14.7 Å². The zero-order valence-electron chi connectivity index (χ0n) is 17.3. The van der Waals surface area contributed by atoms with Gasteiger partial charge in [-0.15, -0.1) is 0 Å². The molecule has 2 N–H and O–H groups in total. The minimum absolute atomic E-state index is 0.0579. The van der Waals surface area contributed by atoms with Crippen LogP contribution in [0.4, 0.5) is 11.4 Å². The molecule has 0 spiro atoms. The number of rotatable bonds is 3. The number of hydrogen-bond acceptors (Lipinski definition) is 4. The van der Waals surface area contributed by atoms with Crippen LogP contribution in [-0.2, 0) is 5.41 Å². The first-order valence-electron chi connectivity index (χ1n) is 9.62. The first-order valence-corrected chi connectivity index (χ1v) is 9.62. The van der Waals surface area contributed by atoms with Gasteiger partial charge in [-0.3, -0.25) is 4.79 Å². The van der Waals surface area contributed by atoms with Crippen molar-refractivity contribution in [3.8, 4) is 5.75 Å².